The molecule has 5 heteroatoms. The largest absolute Gasteiger partial charge is 0.320 e. The normalized spacial score (nSPS) is 16.5. The Morgan fingerprint density at radius 1 is 1.64 bits per heavy atom. The first-order valence-corrected chi connectivity index (χ1v) is 5.16. The number of nitrogens with two attached hydrogens (primary N) is 1. The summed E-state index contributed by atoms with van der Waals surface area (Å²) in [5, 5.41) is -0.566. The Morgan fingerprint density at radius 3 is 2.36 bits per heavy atom. The molecule has 11 heavy (non-hydrogen) atoms. The van der Waals surface area contributed by atoms with Gasteiger partial charge in [0.05, 0.1) is 16.8 Å². The molecule has 2 N–H and O–H groups in total. The van der Waals surface area contributed by atoms with Gasteiger partial charge in [-0.15, -0.1) is 0 Å². The van der Waals surface area contributed by atoms with Crippen molar-refractivity contribution in [2.24, 2.45) is 5.73 Å². The van der Waals surface area contributed by atoms with E-state index in [0.29, 0.717) is 0 Å². The van der Waals surface area contributed by atoms with Gasteiger partial charge in [0.15, 0.2) is 0 Å². The fraction of sp³-hybridized carbons (Fsp3) is 0.833. The van der Waals surface area contributed by atoms with Gasteiger partial charge in [-0.1, -0.05) is 13.8 Å². The van der Waals surface area contributed by atoms with Gasteiger partial charge < -0.3 is 5.73 Å². The van der Waals surface area contributed by atoms with Gasteiger partial charge in [0.2, 0.25) is 5.12 Å². The molecule has 0 rings (SSSR count). The minimum absolute atomic E-state index is 0.159. The molecule has 0 saturated carbocycles. The van der Waals surface area contributed by atoms with Gasteiger partial charge in [-0.25, -0.2) is 0 Å². The zero-order valence-electron chi connectivity index (χ0n) is 6.61. The summed E-state index contributed by atoms with van der Waals surface area (Å²) in [5.74, 6) is 0.247. The van der Waals surface area contributed by atoms with E-state index in [1.54, 1.807) is 13.8 Å². The van der Waals surface area contributed by atoms with E-state index in [1.807, 2.05) is 0 Å². The molecule has 0 aromatic rings. The van der Waals surface area contributed by atoms with Crippen LogP contribution in [-0.4, -0.2) is 26.4 Å². The molecule has 66 valence electrons. The number of carbonyl (C=O) groups excluding carboxylic acids is 1. The van der Waals surface area contributed by atoms with Crippen LogP contribution < -0.4 is 5.73 Å². The Bertz CT molecular complexity index is 170. The average Bonchev–Trinajstić information content (AvgIpc) is 2.00. The van der Waals surface area contributed by atoms with Gasteiger partial charge in [-0.05, 0) is 0 Å². The summed E-state index contributed by atoms with van der Waals surface area (Å²) >= 11 is 3.84. The molecule has 0 saturated heterocycles. The van der Waals surface area contributed by atoms with Crippen LogP contribution >= 0.6 is 12.6 Å². The van der Waals surface area contributed by atoms with Crippen LogP contribution in [0.4, 0.5) is 0 Å². The summed E-state index contributed by atoms with van der Waals surface area (Å²) < 4.78 is 11.1. The summed E-state index contributed by atoms with van der Waals surface area (Å²) in [4.78, 5) is 11.0. The molecule has 0 aliphatic rings. The van der Waals surface area contributed by atoms with Gasteiger partial charge in [0.25, 0.3) is 0 Å². The second-order valence-corrected chi connectivity index (χ2v) is 4.76. The van der Waals surface area contributed by atoms with E-state index < -0.39 is 22.0 Å². The average molecular weight is 195 g/mol. The number of carbonyl (C=O) groups is 1. The summed E-state index contributed by atoms with van der Waals surface area (Å²) in [6.07, 6.45) is 0. The van der Waals surface area contributed by atoms with Gasteiger partial charge in [-0.3, -0.25) is 9.00 Å². The molecule has 0 spiro atoms. The minimum atomic E-state index is -1.46. The fourth-order valence-electron chi connectivity index (χ4n) is 0.456. The summed E-state index contributed by atoms with van der Waals surface area (Å²) in [6.45, 7) is 3.44. The van der Waals surface area contributed by atoms with E-state index in [0.717, 1.165) is 0 Å². The molecule has 3 nitrogen and oxygen atoms in total. The number of rotatable bonds is 3. The maximum Gasteiger partial charge on any atom is 0.236 e. The number of hydrogen-bond donors (Lipinski definition) is 2. The van der Waals surface area contributed by atoms with E-state index in [-0.39, 0.29) is 11.0 Å². The van der Waals surface area contributed by atoms with Crippen LogP contribution in [0.25, 0.3) is 0 Å². The molecule has 0 aromatic heterocycles. The van der Waals surface area contributed by atoms with E-state index in [1.165, 1.54) is 0 Å². The van der Waals surface area contributed by atoms with E-state index in [2.05, 4.69) is 12.6 Å². The Balaban J connectivity index is 4.14. The Kier molecular flexibility index (Phi) is 4.96. The summed E-state index contributed by atoms with van der Waals surface area (Å²) in [5.41, 5.74) is 5.34. The van der Waals surface area contributed by atoms with Crippen LogP contribution in [0.5, 0.6) is 0 Å². The van der Waals surface area contributed by atoms with Crippen molar-refractivity contribution in [3.63, 3.8) is 0 Å². The van der Waals surface area contributed by atoms with Crippen molar-refractivity contribution in [1.82, 2.24) is 0 Å². The highest BCUT2D eigenvalue weighted by Crippen LogP contribution is 1.99. The van der Waals surface area contributed by atoms with Crippen molar-refractivity contribution in [3.05, 3.63) is 0 Å². The molecule has 0 radical (unpaired) electrons. The first-order chi connectivity index (χ1) is 5.00. The molecule has 0 heterocycles. The zero-order chi connectivity index (χ0) is 9.02. The lowest BCUT2D eigenvalue weighted by Crippen LogP contribution is -2.37. The van der Waals surface area contributed by atoms with Crippen molar-refractivity contribution in [2.75, 3.05) is 5.75 Å². The third kappa shape index (κ3) is 3.35. The highest BCUT2D eigenvalue weighted by Gasteiger charge is 2.21. The Labute approximate surface area is 74.6 Å². The lowest BCUT2D eigenvalue weighted by Gasteiger charge is -2.08. The fourth-order valence-corrected chi connectivity index (χ4v) is 1.59. The maximum atomic E-state index is 11.1. The summed E-state index contributed by atoms with van der Waals surface area (Å²) in [6, 6.07) is -0.693. The molecule has 1 unspecified atom stereocenters. The van der Waals surface area contributed by atoms with Crippen LogP contribution in [0, 0.1) is 0 Å². The first kappa shape index (κ1) is 11.1. The van der Waals surface area contributed by atoms with Crippen LogP contribution in [-0.2, 0) is 15.6 Å². The topological polar surface area (TPSA) is 60.2 Å². The standard InChI is InChI=1S/C6H13NO2S2/c1-4(2)11(9)6(8)5(7)3-10/h4-5,10H,3,7H2,1-2H3/t5-,11?/m0/s1. The molecule has 0 bridgehead atoms. The van der Waals surface area contributed by atoms with Crippen LogP contribution in [0.1, 0.15) is 13.8 Å². The van der Waals surface area contributed by atoms with Crippen LogP contribution in [0.15, 0.2) is 0 Å². The van der Waals surface area contributed by atoms with Gasteiger partial charge in [-0.2, -0.15) is 12.6 Å². The maximum absolute atomic E-state index is 11.1. The van der Waals surface area contributed by atoms with E-state index in [9.17, 15) is 9.00 Å². The first-order valence-electron chi connectivity index (χ1n) is 3.31. The monoisotopic (exact) mass is 195 g/mol. The predicted octanol–water partition coefficient (Wildman–Crippen LogP) is -0.0728. The Morgan fingerprint density at radius 2 is 2.09 bits per heavy atom. The molecule has 0 aromatic carbocycles. The SMILES string of the molecule is CC(C)S(=O)C(=O)[C@@H](N)CS. The molecule has 0 amide bonds. The quantitative estimate of drug-likeness (QED) is 0.620. The zero-order valence-corrected chi connectivity index (χ0v) is 8.32. The van der Waals surface area contributed by atoms with Crippen LogP contribution in [0.3, 0.4) is 0 Å². The van der Waals surface area contributed by atoms with Crippen molar-refractivity contribution < 1.29 is 9.00 Å². The highest BCUT2D eigenvalue weighted by atomic mass is 32.2. The Hall–Kier alpha value is 0.130. The highest BCUT2D eigenvalue weighted by molar-refractivity contribution is 8.01. The van der Waals surface area contributed by atoms with E-state index in [4.69, 9.17) is 5.73 Å². The molecular weight excluding hydrogens is 182 g/mol. The lowest BCUT2D eigenvalue weighted by molar-refractivity contribution is -0.112. The minimum Gasteiger partial charge on any atom is -0.320 e. The smallest absolute Gasteiger partial charge is 0.236 e. The second kappa shape index (κ2) is 4.90. The number of hydrogen-bond acceptors (Lipinski definition) is 4. The third-order valence-electron chi connectivity index (χ3n) is 1.13. The second-order valence-electron chi connectivity index (χ2n) is 2.45. The molecule has 0 aliphatic carbocycles. The lowest BCUT2D eigenvalue weighted by atomic mass is 10.4. The number of thiol groups is 1. The molecule has 2 atom stereocenters. The van der Waals surface area contributed by atoms with E-state index >= 15 is 0 Å². The predicted molar refractivity (Wildman–Crippen MR) is 50.1 cm³/mol. The summed E-state index contributed by atoms with van der Waals surface area (Å²) in [7, 11) is -1.46. The van der Waals surface area contributed by atoms with Crippen molar-refractivity contribution in [3.8, 4) is 0 Å². The van der Waals surface area contributed by atoms with Crippen molar-refractivity contribution in [2.45, 2.75) is 25.1 Å². The molecule has 0 aliphatic heterocycles. The van der Waals surface area contributed by atoms with Gasteiger partial charge in [0.1, 0.15) is 0 Å². The third-order valence-corrected chi connectivity index (χ3v) is 3.07. The molecular formula is C6H13NO2S2. The van der Waals surface area contributed by atoms with Crippen LogP contribution in [0.2, 0.25) is 0 Å². The molecule has 0 fully saturated rings. The van der Waals surface area contributed by atoms with Gasteiger partial charge in [0, 0.05) is 11.0 Å². The van der Waals surface area contributed by atoms with Crippen molar-refractivity contribution >= 4 is 28.5 Å². The van der Waals surface area contributed by atoms with Gasteiger partial charge >= 0.3 is 0 Å². The van der Waals surface area contributed by atoms with Crippen molar-refractivity contribution in [1.29, 1.82) is 0 Å².